The van der Waals surface area contributed by atoms with E-state index in [1.54, 1.807) is 0 Å². The summed E-state index contributed by atoms with van der Waals surface area (Å²) < 4.78 is 25.1. The fourth-order valence-corrected chi connectivity index (χ4v) is 5.24. The summed E-state index contributed by atoms with van der Waals surface area (Å²) >= 11 is 0. The standard InChI is InChI=1S/C36H36FNO5/c1-42-35(41)28(22-23-34(40)43-26-27-14-6-2-7-15-27)24-33(39)32(25-37)38-36(29-16-8-3-9-17-29,30-18-10-4-11-19-30)31-20-12-5-13-21-31/h2-21,28,32,38H,22-26H2,1H3/t28-,32+/m0/s1. The molecule has 0 heterocycles. The van der Waals surface area contributed by atoms with E-state index in [4.69, 9.17) is 9.47 Å². The summed E-state index contributed by atoms with van der Waals surface area (Å²) in [6.45, 7) is -0.893. The minimum atomic E-state index is -1.25. The summed E-state index contributed by atoms with van der Waals surface area (Å²) in [5.41, 5.74) is 2.24. The van der Waals surface area contributed by atoms with Crippen LogP contribution in [0.25, 0.3) is 0 Å². The zero-order chi connectivity index (χ0) is 30.5. The van der Waals surface area contributed by atoms with Crippen LogP contribution in [-0.2, 0) is 36.0 Å². The molecule has 0 amide bonds. The number of hydrogen-bond donors (Lipinski definition) is 1. The second-order valence-corrected chi connectivity index (χ2v) is 10.3. The number of methoxy groups -OCH3 is 1. The normalized spacial score (nSPS) is 12.6. The summed E-state index contributed by atoms with van der Waals surface area (Å²) in [6, 6.07) is 36.7. The fourth-order valence-electron chi connectivity index (χ4n) is 5.24. The first-order chi connectivity index (χ1) is 21.0. The molecule has 0 radical (unpaired) electrons. The molecular formula is C36H36FNO5. The first-order valence-electron chi connectivity index (χ1n) is 14.3. The van der Waals surface area contributed by atoms with E-state index in [1.807, 2.05) is 121 Å². The second-order valence-electron chi connectivity index (χ2n) is 10.3. The first kappa shape index (κ1) is 31.3. The Morgan fingerprint density at radius 2 is 1.21 bits per heavy atom. The van der Waals surface area contributed by atoms with E-state index < -0.39 is 41.9 Å². The number of alkyl halides is 1. The highest BCUT2D eigenvalue weighted by atomic mass is 19.1. The molecule has 0 fully saturated rings. The van der Waals surface area contributed by atoms with E-state index in [-0.39, 0.29) is 25.9 Å². The van der Waals surface area contributed by atoms with Crippen molar-refractivity contribution in [3.05, 3.63) is 144 Å². The third-order valence-electron chi connectivity index (χ3n) is 7.48. The molecule has 43 heavy (non-hydrogen) atoms. The van der Waals surface area contributed by atoms with Crippen LogP contribution in [0.2, 0.25) is 0 Å². The quantitative estimate of drug-likeness (QED) is 0.133. The molecule has 7 heteroatoms. The van der Waals surface area contributed by atoms with E-state index in [0.717, 1.165) is 22.3 Å². The monoisotopic (exact) mass is 581 g/mol. The fraction of sp³-hybridized carbons (Fsp3) is 0.250. The van der Waals surface area contributed by atoms with Crippen LogP contribution in [0.4, 0.5) is 4.39 Å². The lowest BCUT2D eigenvalue weighted by molar-refractivity contribution is -0.149. The van der Waals surface area contributed by atoms with Crippen molar-refractivity contribution in [1.29, 1.82) is 0 Å². The van der Waals surface area contributed by atoms with Crippen molar-refractivity contribution in [3.8, 4) is 0 Å². The lowest BCUT2D eigenvalue weighted by Gasteiger charge is -2.39. The molecule has 0 saturated heterocycles. The maximum atomic E-state index is 14.8. The molecule has 222 valence electrons. The highest BCUT2D eigenvalue weighted by molar-refractivity contribution is 5.89. The van der Waals surface area contributed by atoms with Crippen molar-refractivity contribution in [2.75, 3.05) is 13.8 Å². The van der Waals surface area contributed by atoms with Crippen LogP contribution in [-0.4, -0.2) is 37.5 Å². The van der Waals surface area contributed by atoms with Crippen molar-refractivity contribution < 1.29 is 28.2 Å². The predicted octanol–water partition coefficient (Wildman–Crippen LogP) is 6.18. The number of nitrogens with one attached hydrogen (secondary N) is 1. The van der Waals surface area contributed by atoms with Gasteiger partial charge in [0.15, 0.2) is 5.78 Å². The largest absolute Gasteiger partial charge is 0.469 e. The van der Waals surface area contributed by atoms with E-state index in [0.29, 0.717) is 0 Å². The van der Waals surface area contributed by atoms with E-state index in [1.165, 1.54) is 7.11 Å². The van der Waals surface area contributed by atoms with Gasteiger partial charge in [-0.3, -0.25) is 19.7 Å². The lowest BCUT2D eigenvalue weighted by Crippen LogP contribution is -2.53. The molecule has 4 rings (SSSR count). The number of benzene rings is 4. The Bertz CT molecular complexity index is 1350. The summed E-state index contributed by atoms with van der Waals surface area (Å²) in [5, 5.41) is 3.36. The Labute approximate surface area is 251 Å². The van der Waals surface area contributed by atoms with Gasteiger partial charge < -0.3 is 9.47 Å². The number of halogens is 1. The van der Waals surface area contributed by atoms with Gasteiger partial charge in [0, 0.05) is 12.8 Å². The number of carbonyl (C=O) groups is 3. The number of hydrogen-bond acceptors (Lipinski definition) is 6. The topological polar surface area (TPSA) is 81.7 Å². The van der Waals surface area contributed by atoms with Gasteiger partial charge in [0.05, 0.1) is 24.6 Å². The highest BCUT2D eigenvalue weighted by Gasteiger charge is 2.40. The third-order valence-corrected chi connectivity index (χ3v) is 7.48. The summed E-state index contributed by atoms with van der Waals surface area (Å²) in [5.74, 6) is -2.57. The molecular weight excluding hydrogens is 545 g/mol. The average Bonchev–Trinajstić information content (AvgIpc) is 3.07. The van der Waals surface area contributed by atoms with Gasteiger partial charge in [-0.15, -0.1) is 0 Å². The molecule has 1 N–H and O–H groups in total. The van der Waals surface area contributed by atoms with Crippen LogP contribution in [0.15, 0.2) is 121 Å². The Morgan fingerprint density at radius 3 is 1.65 bits per heavy atom. The van der Waals surface area contributed by atoms with Crippen LogP contribution >= 0.6 is 0 Å². The molecule has 0 bridgehead atoms. The van der Waals surface area contributed by atoms with Crippen LogP contribution in [0, 0.1) is 5.92 Å². The summed E-state index contributed by atoms with van der Waals surface area (Å²) in [7, 11) is 1.23. The van der Waals surface area contributed by atoms with Crippen LogP contribution in [0.5, 0.6) is 0 Å². The van der Waals surface area contributed by atoms with Crippen molar-refractivity contribution in [1.82, 2.24) is 5.32 Å². The Kier molecular flexibility index (Phi) is 11.3. The van der Waals surface area contributed by atoms with Gasteiger partial charge in [-0.1, -0.05) is 121 Å². The van der Waals surface area contributed by atoms with Gasteiger partial charge in [0.2, 0.25) is 0 Å². The van der Waals surface area contributed by atoms with Gasteiger partial charge >= 0.3 is 11.9 Å². The smallest absolute Gasteiger partial charge is 0.309 e. The number of ketones is 1. The van der Waals surface area contributed by atoms with Gasteiger partial charge in [0.25, 0.3) is 0 Å². The van der Waals surface area contributed by atoms with E-state index in [9.17, 15) is 18.8 Å². The number of Topliss-reactive ketones (excluding diaryl/α,β-unsaturated/α-hetero) is 1. The molecule has 0 aliphatic rings. The zero-order valence-corrected chi connectivity index (χ0v) is 24.2. The van der Waals surface area contributed by atoms with Gasteiger partial charge in [-0.05, 0) is 28.7 Å². The number of ether oxygens (including phenoxy) is 2. The van der Waals surface area contributed by atoms with E-state index >= 15 is 0 Å². The Balaban J connectivity index is 1.56. The molecule has 2 atom stereocenters. The van der Waals surface area contributed by atoms with Crippen LogP contribution in [0.1, 0.15) is 41.5 Å². The number of carbonyl (C=O) groups excluding carboxylic acids is 3. The SMILES string of the molecule is COC(=O)[C@@H](CCC(=O)OCc1ccccc1)CC(=O)[C@@H](CF)NC(c1ccccc1)(c1ccccc1)c1ccccc1. The zero-order valence-electron chi connectivity index (χ0n) is 24.2. The molecule has 6 nitrogen and oxygen atoms in total. The Morgan fingerprint density at radius 1 is 0.744 bits per heavy atom. The third kappa shape index (κ3) is 8.02. The molecule has 4 aromatic carbocycles. The number of esters is 2. The van der Waals surface area contributed by atoms with Gasteiger partial charge in [-0.25, -0.2) is 4.39 Å². The van der Waals surface area contributed by atoms with E-state index in [2.05, 4.69) is 5.32 Å². The van der Waals surface area contributed by atoms with Crippen LogP contribution in [0.3, 0.4) is 0 Å². The average molecular weight is 582 g/mol. The predicted molar refractivity (Wildman–Crippen MR) is 163 cm³/mol. The maximum absolute atomic E-state index is 14.8. The lowest BCUT2D eigenvalue weighted by atomic mass is 9.76. The molecule has 0 spiro atoms. The Hall–Kier alpha value is -4.62. The molecule has 0 aromatic heterocycles. The maximum Gasteiger partial charge on any atom is 0.309 e. The molecule has 0 saturated carbocycles. The molecule has 0 aliphatic heterocycles. The van der Waals surface area contributed by atoms with Gasteiger partial charge in [-0.2, -0.15) is 0 Å². The minimum Gasteiger partial charge on any atom is -0.469 e. The van der Waals surface area contributed by atoms with Crippen molar-refractivity contribution >= 4 is 17.7 Å². The first-order valence-corrected chi connectivity index (χ1v) is 14.3. The second kappa shape index (κ2) is 15.6. The van der Waals surface area contributed by atoms with Gasteiger partial charge in [0.1, 0.15) is 13.3 Å². The van der Waals surface area contributed by atoms with Crippen molar-refractivity contribution in [3.63, 3.8) is 0 Å². The molecule has 4 aromatic rings. The molecule has 0 aliphatic carbocycles. The minimum absolute atomic E-state index is 0.0340. The highest BCUT2D eigenvalue weighted by Crippen LogP contribution is 2.37. The molecule has 0 unspecified atom stereocenters. The summed E-state index contributed by atoms with van der Waals surface area (Å²) in [6.07, 6.45) is -0.351. The number of rotatable bonds is 15. The van der Waals surface area contributed by atoms with Crippen molar-refractivity contribution in [2.45, 2.75) is 37.5 Å². The van der Waals surface area contributed by atoms with Crippen molar-refractivity contribution in [2.24, 2.45) is 5.92 Å². The summed E-state index contributed by atoms with van der Waals surface area (Å²) in [4.78, 5) is 38.8. The van der Waals surface area contributed by atoms with Crippen LogP contribution < -0.4 is 5.32 Å².